The van der Waals surface area contributed by atoms with Gasteiger partial charge >= 0.3 is 12.1 Å². The molecule has 0 aromatic carbocycles. The Morgan fingerprint density at radius 2 is 1.96 bits per heavy atom. The van der Waals surface area contributed by atoms with Crippen molar-refractivity contribution < 1.29 is 23.9 Å². The summed E-state index contributed by atoms with van der Waals surface area (Å²) in [4.78, 5) is 35.8. The second-order valence-electron chi connectivity index (χ2n) is 6.24. The molecule has 1 unspecified atom stereocenters. The van der Waals surface area contributed by atoms with Crippen molar-refractivity contribution in [2.45, 2.75) is 51.8 Å². The summed E-state index contributed by atoms with van der Waals surface area (Å²) < 4.78 is 9.73. The van der Waals surface area contributed by atoms with Crippen molar-refractivity contribution in [3.05, 3.63) is 18.0 Å². The number of esters is 1. The smallest absolute Gasteiger partial charge is 0.408 e. The number of hydrogen-bond donors (Lipinski definition) is 3. The molecule has 9 nitrogen and oxygen atoms in total. The molecule has 2 amide bonds. The third-order valence-electron chi connectivity index (χ3n) is 2.90. The van der Waals surface area contributed by atoms with Gasteiger partial charge in [-0.25, -0.2) is 9.59 Å². The van der Waals surface area contributed by atoms with E-state index in [2.05, 4.69) is 25.6 Å². The normalized spacial score (nSPS) is 13.5. The molecular formula is C15H24N4O5. The molecule has 0 aliphatic heterocycles. The Bertz CT molecular complexity index is 565. The van der Waals surface area contributed by atoms with Crippen molar-refractivity contribution in [2.24, 2.45) is 0 Å². The minimum absolute atomic E-state index is 0.166. The minimum Gasteiger partial charge on any atom is -0.467 e. The van der Waals surface area contributed by atoms with Gasteiger partial charge in [0.2, 0.25) is 5.91 Å². The quantitative estimate of drug-likeness (QED) is 0.649. The zero-order chi connectivity index (χ0) is 18.3. The molecule has 0 radical (unpaired) electrons. The minimum atomic E-state index is -0.938. The number of rotatable bonds is 6. The van der Waals surface area contributed by atoms with Crippen LogP contribution in [-0.2, 0) is 25.5 Å². The van der Waals surface area contributed by atoms with Crippen LogP contribution < -0.4 is 10.6 Å². The molecular weight excluding hydrogens is 316 g/mol. The van der Waals surface area contributed by atoms with E-state index in [1.165, 1.54) is 20.2 Å². The molecule has 0 saturated heterocycles. The number of nitrogens with zero attached hydrogens (tertiary/aromatic N) is 1. The SMILES string of the molecule is COC(=O)[C@H](C)NC(=O)C(Cc1ccn[nH]1)NC(=O)OC(C)(C)C. The molecule has 1 heterocycles. The first-order valence-electron chi connectivity index (χ1n) is 7.48. The Morgan fingerprint density at radius 1 is 1.29 bits per heavy atom. The van der Waals surface area contributed by atoms with Crippen LogP contribution in [0.2, 0.25) is 0 Å². The van der Waals surface area contributed by atoms with Crippen LogP contribution in [0.3, 0.4) is 0 Å². The molecule has 0 aliphatic rings. The van der Waals surface area contributed by atoms with Crippen LogP contribution in [0.5, 0.6) is 0 Å². The van der Waals surface area contributed by atoms with E-state index in [0.29, 0.717) is 5.69 Å². The predicted octanol–water partition coefficient (Wildman–Crippen LogP) is 0.523. The Labute approximate surface area is 140 Å². The predicted molar refractivity (Wildman–Crippen MR) is 85.1 cm³/mol. The lowest BCUT2D eigenvalue weighted by atomic mass is 10.1. The summed E-state index contributed by atoms with van der Waals surface area (Å²) in [7, 11) is 1.23. The molecule has 24 heavy (non-hydrogen) atoms. The van der Waals surface area contributed by atoms with Gasteiger partial charge in [-0.2, -0.15) is 5.10 Å². The standard InChI is InChI=1S/C15H24N4O5/c1-9(13(21)23-5)17-12(20)11(8-10-6-7-16-19-10)18-14(22)24-15(2,3)4/h6-7,9,11H,8H2,1-5H3,(H,16,19)(H,17,20)(H,18,22)/t9-,11?/m0/s1. The number of carbonyl (C=O) groups is 3. The van der Waals surface area contributed by atoms with Gasteiger partial charge in [0.1, 0.15) is 17.7 Å². The first kappa shape index (κ1) is 19.5. The maximum Gasteiger partial charge on any atom is 0.408 e. The summed E-state index contributed by atoms with van der Waals surface area (Å²) >= 11 is 0. The molecule has 1 aromatic heterocycles. The van der Waals surface area contributed by atoms with Crippen molar-refractivity contribution in [1.82, 2.24) is 20.8 Å². The van der Waals surface area contributed by atoms with Gasteiger partial charge in [0.05, 0.1) is 7.11 Å². The van der Waals surface area contributed by atoms with E-state index in [9.17, 15) is 14.4 Å². The Kier molecular flexibility index (Phi) is 6.75. The molecule has 134 valence electrons. The van der Waals surface area contributed by atoms with Crippen molar-refractivity contribution in [3.63, 3.8) is 0 Å². The molecule has 0 bridgehead atoms. The van der Waals surface area contributed by atoms with Crippen LogP contribution in [0.1, 0.15) is 33.4 Å². The van der Waals surface area contributed by atoms with Gasteiger partial charge in [0.25, 0.3) is 0 Å². The summed E-state index contributed by atoms with van der Waals surface area (Å²) in [6.07, 6.45) is 0.973. The summed E-state index contributed by atoms with van der Waals surface area (Å²) in [6.45, 7) is 6.64. The number of amides is 2. The van der Waals surface area contributed by atoms with E-state index >= 15 is 0 Å². The highest BCUT2D eigenvalue weighted by Gasteiger charge is 2.27. The van der Waals surface area contributed by atoms with Crippen LogP contribution in [0.4, 0.5) is 4.79 Å². The first-order chi connectivity index (χ1) is 11.1. The van der Waals surface area contributed by atoms with Crippen LogP contribution in [0, 0.1) is 0 Å². The van der Waals surface area contributed by atoms with Gasteiger partial charge in [0.15, 0.2) is 0 Å². The van der Waals surface area contributed by atoms with Crippen molar-refractivity contribution in [2.75, 3.05) is 7.11 Å². The van der Waals surface area contributed by atoms with Crippen molar-refractivity contribution >= 4 is 18.0 Å². The molecule has 2 atom stereocenters. The summed E-state index contributed by atoms with van der Waals surface area (Å²) in [5.41, 5.74) is -0.0461. The molecule has 3 N–H and O–H groups in total. The average molecular weight is 340 g/mol. The highest BCUT2D eigenvalue weighted by atomic mass is 16.6. The lowest BCUT2D eigenvalue weighted by molar-refractivity contribution is -0.144. The maximum absolute atomic E-state index is 12.4. The monoisotopic (exact) mass is 340 g/mol. The first-order valence-corrected chi connectivity index (χ1v) is 7.48. The Balaban J connectivity index is 2.78. The molecule has 0 spiro atoms. The number of H-pyrrole nitrogens is 1. The van der Waals surface area contributed by atoms with Gasteiger partial charge in [-0.15, -0.1) is 0 Å². The van der Waals surface area contributed by atoms with Crippen LogP contribution in [-0.4, -0.2) is 53.0 Å². The van der Waals surface area contributed by atoms with Gasteiger partial charge < -0.3 is 20.1 Å². The highest BCUT2D eigenvalue weighted by Crippen LogP contribution is 2.08. The largest absolute Gasteiger partial charge is 0.467 e. The summed E-state index contributed by atoms with van der Waals surface area (Å²) in [5.74, 6) is -1.12. The number of ether oxygens (including phenoxy) is 2. The topological polar surface area (TPSA) is 122 Å². The maximum atomic E-state index is 12.4. The van der Waals surface area contributed by atoms with E-state index in [1.807, 2.05) is 0 Å². The molecule has 0 fully saturated rings. The molecule has 9 heteroatoms. The number of hydrogen-bond acceptors (Lipinski definition) is 6. The van der Waals surface area contributed by atoms with E-state index in [4.69, 9.17) is 4.74 Å². The van der Waals surface area contributed by atoms with Gasteiger partial charge in [-0.05, 0) is 33.8 Å². The molecule has 1 rings (SSSR count). The number of aromatic amines is 1. The van der Waals surface area contributed by atoms with E-state index in [-0.39, 0.29) is 6.42 Å². The highest BCUT2D eigenvalue weighted by molar-refractivity contribution is 5.89. The van der Waals surface area contributed by atoms with Gasteiger partial charge in [0, 0.05) is 18.3 Å². The second kappa shape index (κ2) is 8.32. The third kappa shape index (κ3) is 6.67. The number of aromatic nitrogens is 2. The lowest BCUT2D eigenvalue weighted by Gasteiger charge is -2.23. The molecule has 0 aliphatic carbocycles. The fraction of sp³-hybridized carbons (Fsp3) is 0.600. The number of carbonyl (C=O) groups excluding carboxylic acids is 3. The van der Waals surface area contributed by atoms with Gasteiger partial charge in [-0.3, -0.25) is 9.89 Å². The van der Waals surface area contributed by atoms with Gasteiger partial charge in [-0.1, -0.05) is 0 Å². The molecule has 0 saturated carbocycles. The van der Waals surface area contributed by atoms with E-state index in [1.54, 1.807) is 26.8 Å². The molecule has 1 aromatic rings. The lowest BCUT2D eigenvalue weighted by Crippen LogP contribution is -2.52. The number of nitrogens with one attached hydrogen (secondary N) is 3. The van der Waals surface area contributed by atoms with E-state index < -0.39 is 35.7 Å². The van der Waals surface area contributed by atoms with Crippen molar-refractivity contribution in [3.8, 4) is 0 Å². The van der Waals surface area contributed by atoms with Crippen LogP contribution in [0.25, 0.3) is 0 Å². The number of methoxy groups -OCH3 is 1. The van der Waals surface area contributed by atoms with Crippen LogP contribution >= 0.6 is 0 Å². The zero-order valence-electron chi connectivity index (χ0n) is 14.5. The third-order valence-corrected chi connectivity index (χ3v) is 2.90. The summed E-state index contributed by atoms with van der Waals surface area (Å²) in [6, 6.07) is -0.0968. The number of alkyl carbamates (subject to hydrolysis) is 1. The van der Waals surface area contributed by atoms with E-state index in [0.717, 1.165) is 0 Å². The van der Waals surface area contributed by atoms with Crippen LogP contribution in [0.15, 0.2) is 12.3 Å². The summed E-state index contributed by atoms with van der Waals surface area (Å²) in [5, 5.41) is 11.5. The fourth-order valence-corrected chi connectivity index (χ4v) is 1.83. The average Bonchev–Trinajstić information content (AvgIpc) is 2.96. The Hall–Kier alpha value is -2.58. The zero-order valence-corrected chi connectivity index (χ0v) is 14.5. The van der Waals surface area contributed by atoms with Crippen molar-refractivity contribution in [1.29, 1.82) is 0 Å². The Morgan fingerprint density at radius 3 is 2.46 bits per heavy atom. The fourth-order valence-electron chi connectivity index (χ4n) is 1.83. The second-order valence-corrected chi connectivity index (χ2v) is 6.24.